The maximum atomic E-state index is 13.1. The number of nitrogen functional groups attached to an aromatic ring is 1. The van der Waals surface area contributed by atoms with Crippen LogP contribution in [0.4, 0.5) is 9.52 Å². The van der Waals surface area contributed by atoms with E-state index < -0.39 is 0 Å². The van der Waals surface area contributed by atoms with Crippen molar-refractivity contribution in [2.75, 3.05) is 12.3 Å². The molecular weight excluding hydrogens is 227 g/mol. The number of rotatable bonds is 3. The molecule has 2 rings (SSSR count). The molecule has 2 aromatic rings. The molecule has 0 radical (unpaired) electrons. The van der Waals surface area contributed by atoms with Crippen molar-refractivity contribution in [3.8, 4) is 16.2 Å². The van der Waals surface area contributed by atoms with E-state index in [2.05, 4.69) is 4.98 Å². The van der Waals surface area contributed by atoms with Crippen LogP contribution in [0.1, 0.15) is 6.92 Å². The first-order valence-electron chi connectivity index (χ1n) is 4.84. The first kappa shape index (κ1) is 10.9. The summed E-state index contributed by atoms with van der Waals surface area (Å²) in [6.07, 6.45) is 1.66. The molecule has 0 fully saturated rings. The monoisotopic (exact) mass is 238 g/mol. The molecule has 2 N–H and O–H groups in total. The smallest absolute Gasteiger partial charge is 0.180 e. The number of halogens is 1. The standard InChI is InChI=1S/C11H11FN2OS/c1-2-15-9-5-7(12)3-4-8(9)10-6-14-11(13)16-10/h3-6H,2H2,1H3,(H2,13,14). The van der Waals surface area contributed by atoms with Gasteiger partial charge in [-0.15, -0.1) is 0 Å². The van der Waals surface area contributed by atoms with Gasteiger partial charge < -0.3 is 10.5 Å². The van der Waals surface area contributed by atoms with E-state index in [1.54, 1.807) is 12.3 Å². The zero-order valence-electron chi connectivity index (χ0n) is 8.74. The largest absolute Gasteiger partial charge is 0.493 e. The summed E-state index contributed by atoms with van der Waals surface area (Å²) in [4.78, 5) is 4.84. The predicted molar refractivity (Wildman–Crippen MR) is 63.1 cm³/mol. The van der Waals surface area contributed by atoms with Crippen LogP contribution in [0.2, 0.25) is 0 Å². The molecule has 1 heterocycles. The summed E-state index contributed by atoms with van der Waals surface area (Å²) in [7, 11) is 0. The summed E-state index contributed by atoms with van der Waals surface area (Å²) < 4.78 is 18.5. The highest BCUT2D eigenvalue weighted by Gasteiger charge is 2.10. The van der Waals surface area contributed by atoms with Gasteiger partial charge in [0.2, 0.25) is 0 Å². The Bertz CT molecular complexity index is 498. The van der Waals surface area contributed by atoms with Gasteiger partial charge in [0, 0.05) is 17.8 Å². The number of ether oxygens (including phenoxy) is 1. The molecule has 0 amide bonds. The Balaban J connectivity index is 2.47. The second-order valence-corrected chi connectivity index (χ2v) is 4.20. The van der Waals surface area contributed by atoms with E-state index in [9.17, 15) is 4.39 Å². The third-order valence-electron chi connectivity index (χ3n) is 2.03. The van der Waals surface area contributed by atoms with E-state index in [0.717, 1.165) is 10.4 Å². The molecule has 1 aromatic heterocycles. The topological polar surface area (TPSA) is 48.1 Å². The van der Waals surface area contributed by atoms with E-state index in [-0.39, 0.29) is 5.82 Å². The molecule has 0 bridgehead atoms. The highest BCUT2D eigenvalue weighted by Crippen LogP contribution is 2.35. The van der Waals surface area contributed by atoms with Crippen molar-refractivity contribution >= 4 is 16.5 Å². The van der Waals surface area contributed by atoms with Crippen molar-refractivity contribution in [3.63, 3.8) is 0 Å². The van der Waals surface area contributed by atoms with Gasteiger partial charge in [-0.2, -0.15) is 0 Å². The number of hydrogen-bond donors (Lipinski definition) is 1. The zero-order valence-corrected chi connectivity index (χ0v) is 9.55. The quantitative estimate of drug-likeness (QED) is 0.894. The fraction of sp³-hybridized carbons (Fsp3) is 0.182. The second-order valence-electron chi connectivity index (χ2n) is 3.14. The Morgan fingerprint density at radius 2 is 2.31 bits per heavy atom. The SMILES string of the molecule is CCOc1cc(F)ccc1-c1cnc(N)s1. The molecule has 0 aliphatic heterocycles. The van der Waals surface area contributed by atoms with Crippen LogP contribution in [0.25, 0.3) is 10.4 Å². The highest BCUT2D eigenvalue weighted by atomic mass is 32.1. The number of nitrogens with zero attached hydrogens (tertiary/aromatic N) is 1. The number of anilines is 1. The molecule has 0 aliphatic rings. The highest BCUT2D eigenvalue weighted by molar-refractivity contribution is 7.18. The number of thiazole rings is 1. The fourth-order valence-corrected chi connectivity index (χ4v) is 2.10. The number of nitrogens with two attached hydrogens (primary N) is 1. The average molecular weight is 238 g/mol. The summed E-state index contributed by atoms with van der Waals surface area (Å²) in [6.45, 7) is 2.35. The first-order chi connectivity index (χ1) is 7.70. The van der Waals surface area contributed by atoms with Crippen LogP contribution in [0.3, 0.4) is 0 Å². The van der Waals surface area contributed by atoms with Gasteiger partial charge in [-0.3, -0.25) is 0 Å². The fourth-order valence-electron chi connectivity index (χ4n) is 1.39. The van der Waals surface area contributed by atoms with Gasteiger partial charge in [0.1, 0.15) is 11.6 Å². The summed E-state index contributed by atoms with van der Waals surface area (Å²) in [5.41, 5.74) is 6.38. The molecule has 0 unspecified atom stereocenters. The lowest BCUT2D eigenvalue weighted by molar-refractivity contribution is 0.340. The van der Waals surface area contributed by atoms with E-state index in [4.69, 9.17) is 10.5 Å². The van der Waals surface area contributed by atoms with Gasteiger partial charge in [-0.25, -0.2) is 9.37 Å². The summed E-state index contributed by atoms with van der Waals surface area (Å²) in [6, 6.07) is 4.44. The van der Waals surface area contributed by atoms with Crippen LogP contribution in [0.5, 0.6) is 5.75 Å². The first-order valence-corrected chi connectivity index (χ1v) is 5.66. The lowest BCUT2D eigenvalue weighted by atomic mass is 10.2. The minimum absolute atomic E-state index is 0.315. The van der Waals surface area contributed by atoms with Crippen molar-refractivity contribution in [1.29, 1.82) is 0 Å². The van der Waals surface area contributed by atoms with Gasteiger partial charge in [-0.05, 0) is 19.1 Å². The molecule has 0 atom stereocenters. The number of aromatic nitrogens is 1. The van der Waals surface area contributed by atoms with Gasteiger partial charge in [-0.1, -0.05) is 11.3 Å². The molecule has 0 spiro atoms. The number of benzene rings is 1. The lowest BCUT2D eigenvalue weighted by Crippen LogP contribution is -1.94. The molecule has 1 aromatic carbocycles. The third kappa shape index (κ3) is 2.14. The Labute approximate surface area is 96.7 Å². The minimum atomic E-state index is -0.315. The average Bonchev–Trinajstić information content (AvgIpc) is 2.65. The van der Waals surface area contributed by atoms with Crippen LogP contribution in [0, 0.1) is 5.82 Å². The lowest BCUT2D eigenvalue weighted by Gasteiger charge is -2.08. The van der Waals surface area contributed by atoms with Crippen LogP contribution in [-0.4, -0.2) is 11.6 Å². The van der Waals surface area contributed by atoms with Crippen molar-refractivity contribution in [1.82, 2.24) is 4.98 Å². The van der Waals surface area contributed by atoms with Crippen LogP contribution < -0.4 is 10.5 Å². The van der Waals surface area contributed by atoms with Crippen LogP contribution in [-0.2, 0) is 0 Å². The van der Waals surface area contributed by atoms with Crippen LogP contribution >= 0.6 is 11.3 Å². The Hall–Kier alpha value is -1.62. The maximum absolute atomic E-state index is 13.1. The van der Waals surface area contributed by atoms with Gasteiger partial charge in [0.05, 0.1) is 11.5 Å². The summed E-state index contributed by atoms with van der Waals surface area (Å²) in [5.74, 6) is 0.204. The summed E-state index contributed by atoms with van der Waals surface area (Å²) >= 11 is 1.35. The van der Waals surface area contributed by atoms with E-state index in [0.29, 0.717) is 17.5 Å². The molecule has 84 valence electrons. The molecule has 5 heteroatoms. The van der Waals surface area contributed by atoms with E-state index >= 15 is 0 Å². The third-order valence-corrected chi connectivity index (χ3v) is 2.89. The Morgan fingerprint density at radius 1 is 1.50 bits per heavy atom. The molecule has 0 aliphatic carbocycles. The number of hydrogen-bond acceptors (Lipinski definition) is 4. The Kier molecular flexibility index (Phi) is 3.05. The normalized spacial score (nSPS) is 10.4. The van der Waals surface area contributed by atoms with Gasteiger partial charge in [0.15, 0.2) is 5.13 Å². The van der Waals surface area contributed by atoms with Gasteiger partial charge in [0.25, 0.3) is 0 Å². The second kappa shape index (κ2) is 4.49. The molecule has 3 nitrogen and oxygen atoms in total. The van der Waals surface area contributed by atoms with Gasteiger partial charge >= 0.3 is 0 Å². The van der Waals surface area contributed by atoms with E-state index in [1.807, 2.05) is 6.92 Å². The van der Waals surface area contributed by atoms with Crippen molar-refractivity contribution in [3.05, 3.63) is 30.2 Å². The summed E-state index contributed by atoms with van der Waals surface area (Å²) in [5, 5.41) is 0.488. The Morgan fingerprint density at radius 3 is 2.94 bits per heavy atom. The molecular formula is C11H11FN2OS. The van der Waals surface area contributed by atoms with E-state index in [1.165, 1.54) is 23.5 Å². The molecule has 0 saturated heterocycles. The molecule has 0 saturated carbocycles. The van der Waals surface area contributed by atoms with Crippen molar-refractivity contribution in [2.24, 2.45) is 0 Å². The minimum Gasteiger partial charge on any atom is -0.493 e. The molecule has 16 heavy (non-hydrogen) atoms. The maximum Gasteiger partial charge on any atom is 0.180 e. The van der Waals surface area contributed by atoms with Crippen molar-refractivity contribution in [2.45, 2.75) is 6.92 Å². The van der Waals surface area contributed by atoms with Crippen molar-refractivity contribution < 1.29 is 9.13 Å². The predicted octanol–water partition coefficient (Wildman–Crippen LogP) is 2.93. The zero-order chi connectivity index (χ0) is 11.5. The van der Waals surface area contributed by atoms with Crippen LogP contribution in [0.15, 0.2) is 24.4 Å².